The fourth-order valence-corrected chi connectivity index (χ4v) is 6.69. The van der Waals surface area contributed by atoms with Crippen LogP contribution in [0.4, 0.5) is 11.5 Å². The largest absolute Gasteiger partial charge is 0.378 e. The fourth-order valence-electron chi connectivity index (χ4n) is 5.50. The number of aromatic nitrogens is 2. The Morgan fingerprint density at radius 3 is 2.62 bits per heavy atom. The molecule has 3 aliphatic rings. The van der Waals surface area contributed by atoms with Gasteiger partial charge in [-0.25, -0.2) is 9.97 Å². The average molecular weight is 551 g/mol. The van der Waals surface area contributed by atoms with Gasteiger partial charge in [0.1, 0.15) is 11.5 Å². The van der Waals surface area contributed by atoms with E-state index in [1.807, 2.05) is 53.6 Å². The second-order valence-electron chi connectivity index (χ2n) is 10.7. The Hall–Kier alpha value is -3.88. The third-order valence-corrected chi connectivity index (χ3v) is 9.14. The van der Waals surface area contributed by atoms with Crippen molar-refractivity contribution in [3.05, 3.63) is 83.0 Å². The molecular weight excluding hydrogens is 520 g/mol. The lowest BCUT2D eigenvalue weighted by Gasteiger charge is -2.27. The second-order valence-corrected chi connectivity index (χ2v) is 11.7. The number of Topliss-reactive ketones (excluding diaryl/α,β-unsaturated/α-hetero) is 1. The van der Waals surface area contributed by atoms with Crippen molar-refractivity contribution in [1.82, 2.24) is 9.97 Å². The van der Waals surface area contributed by atoms with E-state index in [0.717, 1.165) is 51.0 Å². The van der Waals surface area contributed by atoms with E-state index in [2.05, 4.69) is 22.0 Å². The zero-order valence-corrected chi connectivity index (χ0v) is 23.0. The molecule has 40 heavy (non-hydrogen) atoms. The number of pyridine rings is 2. The zero-order chi connectivity index (χ0) is 27.1. The minimum atomic E-state index is -0.132. The van der Waals surface area contributed by atoms with Gasteiger partial charge in [0.25, 0.3) is 5.91 Å². The maximum Gasteiger partial charge on any atom is 0.276 e. The molecule has 5 heterocycles. The van der Waals surface area contributed by atoms with Crippen LogP contribution in [0.2, 0.25) is 0 Å². The number of morpholine rings is 1. The van der Waals surface area contributed by atoms with Crippen LogP contribution >= 0.6 is 11.3 Å². The van der Waals surface area contributed by atoms with Gasteiger partial charge in [-0.1, -0.05) is 24.3 Å². The van der Waals surface area contributed by atoms with Crippen LogP contribution in [-0.2, 0) is 11.2 Å². The van der Waals surface area contributed by atoms with E-state index in [9.17, 15) is 9.59 Å². The van der Waals surface area contributed by atoms with Crippen molar-refractivity contribution in [1.29, 1.82) is 0 Å². The van der Waals surface area contributed by atoms with Gasteiger partial charge in [-0.2, -0.15) is 0 Å². The van der Waals surface area contributed by atoms with E-state index in [4.69, 9.17) is 9.72 Å². The highest BCUT2D eigenvalue weighted by Gasteiger charge is 2.30. The van der Waals surface area contributed by atoms with Gasteiger partial charge >= 0.3 is 0 Å². The van der Waals surface area contributed by atoms with E-state index < -0.39 is 0 Å². The number of anilines is 2. The third-order valence-electron chi connectivity index (χ3n) is 7.89. The second kappa shape index (κ2) is 10.6. The molecule has 0 N–H and O–H groups in total. The number of rotatable bonds is 6. The van der Waals surface area contributed by atoms with Crippen molar-refractivity contribution in [2.24, 2.45) is 5.92 Å². The molecule has 1 saturated heterocycles. The molecule has 0 radical (unpaired) electrons. The number of nitrogens with zero attached hydrogens (tertiary/aromatic N) is 4. The summed E-state index contributed by atoms with van der Waals surface area (Å²) in [7, 11) is 0. The summed E-state index contributed by atoms with van der Waals surface area (Å²) in [4.78, 5) is 42.2. The SMILES string of the molecule is O=C(CC1CC1)c1cc2c(s1)-c1ccccc1N(C(=O)c1cccc(-c3ccc(N4CCOCC4)nc3)n1)CC2. The van der Waals surface area contributed by atoms with Gasteiger partial charge < -0.3 is 14.5 Å². The monoisotopic (exact) mass is 550 g/mol. The molecule has 7 rings (SSSR count). The highest BCUT2D eigenvalue weighted by molar-refractivity contribution is 7.17. The Morgan fingerprint density at radius 1 is 0.975 bits per heavy atom. The number of para-hydroxylation sites is 1. The number of hydrogen-bond acceptors (Lipinski definition) is 7. The number of ketones is 1. The summed E-state index contributed by atoms with van der Waals surface area (Å²) in [6.07, 6.45) is 5.50. The fraction of sp³-hybridized carbons (Fsp3) is 0.312. The van der Waals surface area contributed by atoms with Crippen molar-refractivity contribution in [3.8, 4) is 21.7 Å². The third kappa shape index (κ3) is 4.93. The van der Waals surface area contributed by atoms with E-state index in [-0.39, 0.29) is 11.7 Å². The zero-order valence-electron chi connectivity index (χ0n) is 22.2. The maximum atomic E-state index is 13.9. The summed E-state index contributed by atoms with van der Waals surface area (Å²) in [5, 5.41) is 0. The number of carbonyl (C=O) groups excluding carboxylic acids is 2. The summed E-state index contributed by atoms with van der Waals surface area (Å²) >= 11 is 1.57. The van der Waals surface area contributed by atoms with E-state index >= 15 is 0 Å². The number of thiophene rings is 1. The van der Waals surface area contributed by atoms with Crippen molar-refractivity contribution < 1.29 is 14.3 Å². The molecule has 1 saturated carbocycles. The molecule has 3 aromatic heterocycles. The standard InChI is InChI=1S/C32H30N4O3S/c37-28(18-21-8-9-21)29-19-22-12-13-36(27-7-2-1-4-24(27)31(22)40-29)32(38)26-6-3-5-25(34-26)23-10-11-30(33-20-23)35-14-16-39-17-15-35/h1-7,10-11,19-21H,8-9,12-18H2. The van der Waals surface area contributed by atoms with Crippen molar-refractivity contribution in [3.63, 3.8) is 0 Å². The smallest absolute Gasteiger partial charge is 0.276 e. The molecule has 0 atom stereocenters. The van der Waals surface area contributed by atoms with Crippen LogP contribution in [0.5, 0.6) is 0 Å². The summed E-state index contributed by atoms with van der Waals surface area (Å²) < 4.78 is 5.44. The number of ether oxygens (including phenoxy) is 1. The predicted molar refractivity (Wildman–Crippen MR) is 157 cm³/mol. The molecule has 0 unspecified atom stereocenters. The molecule has 2 fully saturated rings. The molecule has 8 heteroatoms. The number of amides is 1. The Bertz CT molecular complexity index is 1570. The molecule has 0 bridgehead atoms. The van der Waals surface area contributed by atoms with Crippen molar-refractivity contribution >= 4 is 34.5 Å². The summed E-state index contributed by atoms with van der Waals surface area (Å²) in [6, 6.07) is 19.6. The van der Waals surface area contributed by atoms with E-state index in [0.29, 0.717) is 49.9 Å². The minimum Gasteiger partial charge on any atom is -0.378 e. The lowest BCUT2D eigenvalue weighted by atomic mass is 10.1. The molecule has 2 aliphatic heterocycles. The van der Waals surface area contributed by atoms with Gasteiger partial charge in [0.15, 0.2) is 5.78 Å². The lowest BCUT2D eigenvalue weighted by molar-refractivity contribution is 0.0972. The van der Waals surface area contributed by atoms with Gasteiger partial charge in [0.05, 0.1) is 29.5 Å². The first-order chi connectivity index (χ1) is 19.6. The summed E-state index contributed by atoms with van der Waals surface area (Å²) in [5.74, 6) is 1.61. The van der Waals surface area contributed by atoms with Crippen LogP contribution in [0.1, 0.15) is 45.0 Å². The summed E-state index contributed by atoms with van der Waals surface area (Å²) in [6.45, 7) is 3.61. The van der Waals surface area contributed by atoms with Gasteiger partial charge in [-0.05, 0) is 67.1 Å². The predicted octanol–water partition coefficient (Wildman–Crippen LogP) is 5.89. The van der Waals surface area contributed by atoms with Crippen LogP contribution in [0.25, 0.3) is 21.7 Å². The first-order valence-corrected chi connectivity index (χ1v) is 14.8. The van der Waals surface area contributed by atoms with Crippen LogP contribution < -0.4 is 9.80 Å². The number of hydrogen-bond donors (Lipinski definition) is 0. The minimum absolute atomic E-state index is 0.132. The highest BCUT2D eigenvalue weighted by Crippen LogP contribution is 2.43. The van der Waals surface area contributed by atoms with E-state index in [1.165, 1.54) is 12.8 Å². The quantitative estimate of drug-likeness (QED) is 0.279. The first-order valence-electron chi connectivity index (χ1n) is 14.0. The number of carbonyl (C=O) groups is 2. The molecular formula is C32H30N4O3S. The van der Waals surface area contributed by atoms with Crippen molar-refractivity contribution in [2.75, 3.05) is 42.6 Å². The van der Waals surface area contributed by atoms with Crippen LogP contribution in [0.3, 0.4) is 0 Å². The number of benzene rings is 1. The van der Waals surface area contributed by atoms with Crippen molar-refractivity contribution in [2.45, 2.75) is 25.7 Å². The normalized spacial score (nSPS) is 16.7. The molecule has 1 aromatic carbocycles. The molecule has 202 valence electrons. The van der Waals surface area contributed by atoms with Gasteiger partial charge in [0.2, 0.25) is 0 Å². The molecule has 1 amide bonds. The maximum absolute atomic E-state index is 13.9. The molecule has 0 spiro atoms. The average Bonchev–Trinajstić information content (AvgIpc) is 3.75. The Balaban J connectivity index is 1.15. The van der Waals surface area contributed by atoms with E-state index in [1.54, 1.807) is 17.4 Å². The molecule has 4 aromatic rings. The van der Waals surface area contributed by atoms with Gasteiger partial charge in [-0.3, -0.25) is 9.59 Å². The molecule has 7 nitrogen and oxygen atoms in total. The molecule has 1 aliphatic carbocycles. The topological polar surface area (TPSA) is 75.6 Å². The van der Waals surface area contributed by atoms with Crippen LogP contribution in [0.15, 0.2) is 66.9 Å². The Labute approximate surface area is 237 Å². The first kappa shape index (κ1) is 25.1. The summed E-state index contributed by atoms with van der Waals surface area (Å²) in [5.41, 5.74) is 4.98. The van der Waals surface area contributed by atoms with Crippen LogP contribution in [0, 0.1) is 5.92 Å². The Kier molecular flexibility index (Phi) is 6.65. The lowest BCUT2D eigenvalue weighted by Crippen LogP contribution is -2.36. The van der Waals surface area contributed by atoms with Crippen LogP contribution in [-0.4, -0.2) is 54.5 Å². The van der Waals surface area contributed by atoms with Gasteiger partial charge in [-0.15, -0.1) is 11.3 Å². The Morgan fingerprint density at radius 2 is 1.82 bits per heavy atom. The number of fused-ring (bicyclic) bond motifs is 3. The van der Waals surface area contributed by atoms with Gasteiger partial charge in [0, 0.05) is 48.3 Å². The highest BCUT2D eigenvalue weighted by atomic mass is 32.1.